The minimum absolute atomic E-state index is 0.183. The number of nitrogens with one attached hydrogen (secondary N) is 1. The molecule has 0 saturated heterocycles. The van der Waals surface area contributed by atoms with E-state index in [1.54, 1.807) is 0 Å². The van der Waals surface area contributed by atoms with Gasteiger partial charge in [0.25, 0.3) is 5.78 Å². The number of carboxylic acid groups (broad SMARTS) is 1. The van der Waals surface area contributed by atoms with Gasteiger partial charge >= 0.3 is 5.97 Å². The average molecular weight is 201 g/mol. The van der Waals surface area contributed by atoms with Crippen LogP contribution >= 0.6 is 0 Å². The first-order valence-electron chi connectivity index (χ1n) is 4.41. The van der Waals surface area contributed by atoms with Gasteiger partial charge in [-0.25, -0.2) is 4.79 Å². The number of hydrogen-bond donors (Lipinski definition) is 2. The highest BCUT2D eigenvalue weighted by atomic mass is 16.4. The maximum Gasteiger partial charge on any atom is 0.374 e. The second kappa shape index (κ2) is 5.36. The number of carbonyl (C=O) groups is 3. The smallest absolute Gasteiger partial charge is 0.374 e. The van der Waals surface area contributed by atoms with E-state index in [1.807, 2.05) is 13.8 Å². The van der Waals surface area contributed by atoms with Crippen molar-refractivity contribution in [1.82, 2.24) is 5.32 Å². The van der Waals surface area contributed by atoms with Crippen LogP contribution in [0, 0.1) is 5.92 Å². The highest BCUT2D eigenvalue weighted by Gasteiger charge is 2.21. The summed E-state index contributed by atoms with van der Waals surface area (Å²) in [5.41, 5.74) is 0. The van der Waals surface area contributed by atoms with E-state index < -0.39 is 17.8 Å². The SMILES string of the molecule is CC(C)CC(=O)NC(C)C(=O)C(=O)O. The van der Waals surface area contributed by atoms with Crippen molar-refractivity contribution in [2.45, 2.75) is 33.2 Å². The van der Waals surface area contributed by atoms with E-state index in [-0.39, 0.29) is 18.2 Å². The number of aliphatic carboxylic acids is 1. The molecule has 0 aliphatic rings. The number of ketones is 1. The van der Waals surface area contributed by atoms with E-state index in [2.05, 4.69) is 5.32 Å². The molecule has 0 heterocycles. The van der Waals surface area contributed by atoms with Gasteiger partial charge < -0.3 is 10.4 Å². The van der Waals surface area contributed by atoms with Crippen molar-refractivity contribution in [2.75, 3.05) is 0 Å². The Morgan fingerprint density at radius 3 is 2.07 bits per heavy atom. The van der Waals surface area contributed by atoms with Crippen LogP contribution in [0.1, 0.15) is 27.2 Å². The van der Waals surface area contributed by atoms with Crippen molar-refractivity contribution >= 4 is 17.7 Å². The third-order valence-electron chi connectivity index (χ3n) is 1.58. The molecule has 5 heteroatoms. The number of rotatable bonds is 5. The summed E-state index contributed by atoms with van der Waals surface area (Å²) in [5, 5.41) is 10.7. The van der Waals surface area contributed by atoms with Crippen LogP contribution < -0.4 is 5.32 Å². The summed E-state index contributed by atoms with van der Waals surface area (Å²) in [6.07, 6.45) is 0.289. The lowest BCUT2D eigenvalue weighted by atomic mass is 10.1. The van der Waals surface area contributed by atoms with Gasteiger partial charge in [-0.1, -0.05) is 13.8 Å². The fraction of sp³-hybridized carbons (Fsp3) is 0.667. The van der Waals surface area contributed by atoms with Crippen molar-refractivity contribution in [3.05, 3.63) is 0 Å². The molecule has 0 rings (SSSR count). The summed E-state index contributed by atoms with van der Waals surface area (Å²) in [4.78, 5) is 32.2. The van der Waals surface area contributed by atoms with E-state index in [0.29, 0.717) is 0 Å². The Morgan fingerprint density at radius 1 is 1.21 bits per heavy atom. The normalized spacial score (nSPS) is 12.3. The highest BCUT2D eigenvalue weighted by Crippen LogP contribution is 1.99. The van der Waals surface area contributed by atoms with Crippen LogP contribution in [-0.2, 0) is 14.4 Å². The predicted molar refractivity (Wildman–Crippen MR) is 49.7 cm³/mol. The van der Waals surface area contributed by atoms with Crippen molar-refractivity contribution in [3.63, 3.8) is 0 Å². The Morgan fingerprint density at radius 2 is 1.71 bits per heavy atom. The van der Waals surface area contributed by atoms with Gasteiger partial charge in [-0.3, -0.25) is 9.59 Å². The fourth-order valence-electron chi connectivity index (χ4n) is 0.922. The third-order valence-corrected chi connectivity index (χ3v) is 1.58. The molecule has 0 aliphatic carbocycles. The highest BCUT2D eigenvalue weighted by molar-refractivity contribution is 6.35. The molecule has 0 aromatic carbocycles. The number of hydrogen-bond acceptors (Lipinski definition) is 3. The van der Waals surface area contributed by atoms with Crippen molar-refractivity contribution in [3.8, 4) is 0 Å². The Labute approximate surface area is 82.5 Å². The van der Waals surface area contributed by atoms with Gasteiger partial charge in [-0.05, 0) is 12.8 Å². The summed E-state index contributed by atoms with van der Waals surface area (Å²) >= 11 is 0. The minimum Gasteiger partial charge on any atom is -0.475 e. The Bertz CT molecular complexity index is 247. The lowest BCUT2D eigenvalue weighted by molar-refractivity contribution is -0.150. The van der Waals surface area contributed by atoms with E-state index in [1.165, 1.54) is 6.92 Å². The molecule has 0 aromatic heterocycles. The third kappa shape index (κ3) is 4.59. The second-order valence-corrected chi connectivity index (χ2v) is 3.56. The summed E-state index contributed by atoms with van der Waals surface area (Å²) in [6, 6.07) is -0.959. The number of amides is 1. The summed E-state index contributed by atoms with van der Waals surface area (Å²) in [7, 11) is 0. The van der Waals surface area contributed by atoms with Crippen molar-refractivity contribution in [1.29, 1.82) is 0 Å². The molecule has 0 aromatic rings. The standard InChI is InChI=1S/C9H15NO4/c1-5(2)4-7(11)10-6(3)8(12)9(13)14/h5-6H,4H2,1-3H3,(H,10,11)(H,13,14). The van der Waals surface area contributed by atoms with Crippen LogP contribution in [0.3, 0.4) is 0 Å². The molecule has 5 nitrogen and oxygen atoms in total. The lowest BCUT2D eigenvalue weighted by Gasteiger charge is -2.11. The van der Waals surface area contributed by atoms with Crippen LogP contribution in [0.25, 0.3) is 0 Å². The summed E-state index contributed by atoms with van der Waals surface area (Å²) in [6.45, 7) is 5.08. The first kappa shape index (κ1) is 12.6. The van der Waals surface area contributed by atoms with Crippen molar-refractivity contribution in [2.24, 2.45) is 5.92 Å². The fourth-order valence-corrected chi connectivity index (χ4v) is 0.922. The maximum atomic E-state index is 11.1. The maximum absolute atomic E-state index is 11.1. The van der Waals surface area contributed by atoms with Crippen LogP contribution in [0.5, 0.6) is 0 Å². The van der Waals surface area contributed by atoms with Gasteiger partial charge in [0.15, 0.2) is 0 Å². The zero-order chi connectivity index (χ0) is 11.3. The van der Waals surface area contributed by atoms with E-state index >= 15 is 0 Å². The zero-order valence-electron chi connectivity index (χ0n) is 8.53. The molecule has 80 valence electrons. The largest absolute Gasteiger partial charge is 0.475 e. The average Bonchev–Trinajstić information content (AvgIpc) is 2.00. The van der Waals surface area contributed by atoms with Gasteiger partial charge in [-0.15, -0.1) is 0 Å². The van der Waals surface area contributed by atoms with E-state index in [4.69, 9.17) is 5.11 Å². The Hall–Kier alpha value is -1.39. The summed E-state index contributed by atoms with van der Waals surface area (Å²) in [5.74, 6) is -2.64. The van der Waals surface area contributed by atoms with Crippen LogP contribution in [-0.4, -0.2) is 28.8 Å². The van der Waals surface area contributed by atoms with Gasteiger partial charge in [0.1, 0.15) is 0 Å². The number of Topliss-reactive ketones (excluding diaryl/α,β-unsaturated/α-hetero) is 1. The first-order valence-corrected chi connectivity index (χ1v) is 4.41. The van der Waals surface area contributed by atoms with Gasteiger partial charge in [-0.2, -0.15) is 0 Å². The number of carboxylic acids is 1. The molecule has 2 N–H and O–H groups in total. The Kier molecular flexibility index (Phi) is 4.83. The molecule has 0 spiro atoms. The van der Waals surface area contributed by atoms with E-state index in [9.17, 15) is 14.4 Å². The van der Waals surface area contributed by atoms with Crippen molar-refractivity contribution < 1.29 is 19.5 Å². The van der Waals surface area contributed by atoms with E-state index in [0.717, 1.165) is 0 Å². The minimum atomic E-state index is -1.53. The molecule has 14 heavy (non-hydrogen) atoms. The van der Waals surface area contributed by atoms with Crippen LogP contribution in [0.15, 0.2) is 0 Å². The molecule has 1 unspecified atom stereocenters. The summed E-state index contributed by atoms with van der Waals surface area (Å²) < 4.78 is 0. The Balaban J connectivity index is 4.06. The second-order valence-electron chi connectivity index (χ2n) is 3.56. The molecule has 0 fully saturated rings. The molecule has 0 bridgehead atoms. The lowest BCUT2D eigenvalue weighted by Crippen LogP contribution is -2.42. The quantitative estimate of drug-likeness (QED) is 0.622. The number of carbonyl (C=O) groups excluding carboxylic acids is 2. The molecule has 0 aliphatic heterocycles. The molecular formula is C9H15NO4. The monoisotopic (exact) mass is 201 g/mol. The molecule has 1 amide bonds. The molecular weight excluding hydrogens is 186 g/mol. The zero-order valence-corrected chi connectivity index (χ0v) is 8.53. The molecule has 0 saturated carbocycles. The molecule has 0 radical (unpaired) electrons. The topological polar surface area (TPSA) is 83.5 Å². The first-order chi connectivity index (χ1) is 6.34. The predicted octanol–water partition coefficient (Wildman–Crippen LogP) is 0.191. The van der Waals surface area contributed by atoms with Gasteiger partial charge in [0, 0.05) is 6.42 Å². The van der Waals surface area contributed by atoms with Crippen LogP contribution in [0.2, 0.25) is 0 Å². The van der Waals surface area contributed by atoms with Gasteiger partial charge in [0.2, 0.25) is 5.91 Å². The van der Waals surface area contributed by atoms with Gasteiger partial charge in [0.05, 0.1) is 6.04 Å². The van der Waals surface area contributed by atoms with Crippen LogP contribution in [0.4, 0.5) is 0 Å². The molecule has 1 atom stereocenters.